The van der Waals surface area contributed by atoms with Gasteiger partial charge in [0.05, 0.1) is 7.11 Å². The summed E-state index contributed by atoms with van der Waals surface area (Å²) in [7, 11) is 1.62. The van der Waals surface area contributed by atoms with Gasteiger partial charge in [-0.05, 0) is 36.1 Å². The summed E-state index contributed by atoms with van der Waals surface area (Å²) in [6.07, 6.45) is 1.98. The van der Waals surface area contributed by atoms with Gasteiger partial charge in [-0.25, -0.2) is 0 Å². The molecular formula is C23H30N2O3. The Bertz CT molecular complexity index is 744. The Morgan fingerprint density at radius 3 is 2.25 bits per heavy atom. The highest BCUT2D eigenvalue weighted by molar-refractivity contribution is 5.88. The van der Waals surface area contributed by atoms with Gasteiger partial charge in [0, 0.05) is 19.5 Å². The molecule has 0 aliphatic rings. The summed E-state index contributed by atoms with van der Waals surface area (Å²) >= 11 is 0. The van der Waals surface area contributed by atoms with E-state index in [1.807, 2.05) is 68.4 Å². The molecular weight excluding hydrogens is 352 g/mol. The second-order valence-electron chi connectivity index (χ2n) is 6.72. The van der Waals surface area contributed by atoms with Crippen molar-refractivity contribution in [2.45, 2.75) is 45.7 Å². The van der Waals surface area contributed by atoms with E-state index in [-0.39, 0.29) is 11.8 Å². The Balaban J connectivity index is 2.38. The number of rotatable bonds is 10. The number of methoxy groups -OCH3 is 1. The van der Waals surface area contributed by atoms with Gasteiger partial charge in [0.2, 0.25) is 11.8 Å². The summed E-state index contributed by atoms with van der Waals surface area (Å²) in [6.45, 7) is 4.93. The van der Waals surface area contributed by atoms with Crippen LogP contribution < -0.4 is 10.1 Å². The van der Waals surface area contributed by atoms with E-state index in [2.05, 4.69) is 5.32 Å². The Labute approximate surface area is 167 Å². The third-order valence-corrected chi connectivity index (χ3v) is 4.52. The van der Waals surface area contributed by atoms with Crippen molar-refractivity contribution in [3.8, 4) is 5.75 Å². The van der Waals surface area contributed by atoms with Gasteiger partial charge in [0.25, 0.3) is 0 Å². The van der Waals surface area contributed by atoms with Crippen LogP contribution in [0.5, 0.6) is 5.75 Å². The van der Waals surface area contributed by atoms with Crippen LogP contribution in [0, 0.1) is 0 Å². The first-order valence-electron chi connectivity index (χ1n) is 9.85. The number of carbonyl (C=O) groups is 2. The van der Waals surface area contributed by atoms with Crippen molar-refractivity contribution in [3.63, 3.8) is 0 Å². The zero-order valence-electron chi connectivity index (χ0n) is 17.0. The zero-order chi connectivity index (χ0) is 20.4. The number of ether oxygens (including phenoxy) is 1. The van der Waals surface area contributed by atoms with E-state index in [0.29, 0.717) is 19.5 Å². The molecule has 0 spiro atoms. The average molecular weight is 383 g/mol. The molecule has 0 saturated carbocycles. The van der Waals surface area contributed by atoms with Crippen molar-refractivity contribution in [1.82, 2.24) is 10.2 Å². The van der Waals surface area contributed by atoms with Gasteiger partial charge in [0.15, 0.2) is 0 Å². The van der Waals surface area contributed by atoms with Gasteiger partial charge in [-0.15, -0.1) is 0 Å². The molecule has 1 atom stereocenters. The molecule has 0 heterocycles. The maximum atomic E-state index is 13.0. The van der Waals surface area contributed by atoms with Gasteiger partial charge in [0.1, 0.15) is 11.8 Å². The number of carbonyl (C=O) groups excluding carboxylic acids is 2. The average Bonchev–Trinajstić information content (AvgIpc) is 2.73. The van der Waals surface area contributed by atoms with Gasteiger partial charge >= 0.3 is 0 Å². The lowest BCUT2D eigenvalue weighted by Gasteiger charge is -2.31. The molecule has 0 radical (unpaired) electrons. The van der Waals surface area contributed by atoms with Crippen LogP contribution >= 0.6 is 0 Å². The largest absolute Gasteiger partial charge is 0.497 e. The number of hydrogen-bond donors (Lipinski definition) is 1. The second-order valence-corrected chi connectivity index (χ2v) is 6.72. The van der Waals surface area contributed by atoms with Crippen LogP contribution in [0.1, 0.15) is 50.3 Å². The van der Waals surface area contributed by atoms with E-state index in [0.717, 1.165) is 29.7 Å². The highest BCUT2D eigenvalue weighted by Crippen LogP contribution is 2.25. The zero-order valence-corrected chi connectivity index (χ0v) is 17.0. The molecule has 2 rings (SSSR count). The summed E-state index contributed by atoms with van der Waals surface area (Å²) in [5, 5.41) is 2.96. The van der Waals surface area contributed by atoms with E-state index in [1.165, 1.54) is 0 Å². The molecule has 0 aromatic heterocycles. The topological polar surface area (TPSA) is 58.6 Å². The molecule has 28 heavy (non-hydrogen) atoms. The van der Waals surface area contributed by atoms with Crippen LogP contribution in [0.4, 0.5) is 0 Å². The molecule has 0 unspecified atom stereocenters. The van der Waals surface area contributed by atoms with Crippen molar-refractivity contribution < 1.29 is 14.3 Å². The van der Waals surface area contributed by atoms with Gasteiger partial charge in [-0.3, -0.25) is 9.59 Å². The quantitative estimate of drug-likeness (QED) is 0.673. The first kappa shape index (κ1) is 21.5. The Kier molecular flexibility index (Phi) is 8.53. The molecule has 2 aromatic rings. The van der Waals surface area contributed by atoms with Gasteiger partial charge < -0.3 is 15.0 Å². The fourth-order valence-electron chi connectivity index (χ4n) is 3.06. The molecule has 150 valence electrons. The monoisotopic (exact) mass is 382 g/mol. The highest BCUT2D eigenvalue weighted by atomic mass is 16.5. The van der Waals surface area contributed by atoms with Crippen molar-refractivity contribution in [3.05, 3.63) is 65.7 Å². The van der Waals surface area contributed by atoms with Crippen LogP contribution in [-0.2, 0) is 16.1 Å². The van der Waals surface area contributed by atoms with E-state index in [1.54, 1.807) is 12.0 Å². The highest BCUT2D eigenvalue weighted by Gasteiger charge is 2.30. The Morgan fingerprint density at radius 2 is 1.68 bits per heavy atom. The summed E-state index contributed by atoms with van der Waals surface area (Å²) in [6, 6.07) is 16.4. The van der Waals surface area contributed by atoms with Crippen LogP contribution in [-0.4, -0.2) is 30.4 Å². The smallest absolute Gasteiger partial charge is 0.247 e. The number of hydrogen-bond acceptors (Lipinski definition) is 3. The number of benzene rings is 2. The fraction of sp³-hybridized carbons (Fsp3) is 0.391. The van der Waals surface area contributed by atoms with E-state index < -0.39 is 6.04 Å². The minimum Gasteiger partial charge on any atom is -0.497 e. The summed E-state index contributed by atoms with van der Waals surface area (Å²) in [5.41, 5.74) is 1.77. The lowest BCUT2D eigenvalue weighted by Crippen LogP contribution is -2.43. The lowest BCUT2D eigenvalue weighted by atomic mass is 10.0. The predicted octanol–water partition coefficient (Wildman–Crippen LogP) is 4.09. The summed E-state index contributed by atoms with van der Waals surface area (Å²) < 4.78 is 5.21. The first-order valence-corrected chi connectivity index (χ1v) is 9.85. The van der Waals surface area contributed by atoms with E-state index in [4.69, 9.17) is 4.74 Å². The van der Waals surface area contributed by atoms with Crippen molar-refractivity contribution >= 4 is 11.8 Å². The van der Waals surface area contributed by atoms with Crippen molar-refractivity contribution in [1.29, 1.82) is 0 Å². The van der Waals surface area contributed by atoms with Crippen LogP contribution in [0.25, 0.3) is 0 Å². The second kappa shape index (κ2) is 11.1. The summed E-state index contributed by atoms with van der Waals surface area (Å²) in [5.74, 6) is 0.584. The van der Waals surface area contributed by atoms with Crippen molar-refractivity contribution in [2.24, 2.45) is 0 Å². The molecule has 0 aliphatic heterocycles. The third-order valence-electron chi connectivity index (χ3n) is 4.52. The van der Waals surface area contributed by atoms with Crippen LogP contribution in [0.15, 0.2) is 54.6 Å². The molecule has 2 aromatic carbocycles. The van der Waals surface area contributed by atoms with Gasteiger partial charge in [-0.1, -0.05) is 56.3 Å². The van der Waals surface area contributed by atoms with Crippen molar-refractivity contribution in [2.75, 3.05) is 13.7 Å². The number of amides is 2. The minimum atomic E-state index is -0.658. The number of nitrogens with zero attached hydrogens (tertiary/aromatic N) is 1. The van der Waals surface area contributed by atoms with Crippen LogP contribution in [0.2, 0.25) is 0 Å². The summed E-state index contributed by atoms with van der Waals surface area (Å²) in [4.78, 5) is 27.7. The molecule has 0 bridgehead atoms. The molecule has 0 saturated heterocycles. The molecule has 0 fully saturated rings. The maximum absolute atomic E-state index is 13.0. The number of nitrogens with one attached hydrogen (secondary N) is 1. The Hall–Kier alpha value is -2.82. The first-order chi connectivity index (χ1) is 13.6. The van der Waals surface area contributed by atoms with Crippen LogP contribution in [0.3, 0.4) is 0 Å². The third kappa shape index (κ3) is 5.84. The molecule has 2 amide bonds. The van der Waals surface area contributed by atoms with Gasteiger partial charge in [-0.2, -0.15) is 0 Å². The molecule has 5 heteroatoms. The maximum Gasteiger partial charge on any atom is 0.247 e. The lowest BCUT2D eigenvalue weighted by molar-refractivity contribution is -0.141. The minimum absolute atomic E-state index is 0.0289. The standard InChI is InChI=1S/C23H30N2O3/c1-4-9-21(26)25(17-18-12-14-20(28-3)15-13-18)22(23(27)24-16-5-2)19-10-7-6-8-11-19/h6-8,10-15,22H,4-5,9,16-17H2,1-3H3,(H,24,27)/t22-/m1/s1. The molecule has 1 N–H and O–H groups in total. The SMILES string of the molecule is CCCNC(=O)[C@@H](c1ccccc1)N(Cc1ccc(OC)cc1)C(=O)CCC. The van der Waals surface area contributed by atoms with E-state index >= 15 is 0 Å². The molecule has 5 nitrogen and oxygen atoms in total. The predicted molar refractivity (Wildman–Crippen MR) is 111 cm³/mol. The van der Waals surface area contributed by atoms with E-state index in [9.17, 15) is 9.59 Å². The fourth-order valence-corrected chi connectivity index (χ4v) is 3.06. The molecule has 0 aliphatic carbocycles. The normalized spacial score (nSPS) is 11.5. The Morgan fingerprint density at radius 1 is 1.00 bits per heavy atom.